The van der Waals surface area contributed by atoms with Crippen molar-refractivity contribution in [3.05, 3.63) is 59.3 Å². The summed E-state index contributed by atoms with van der Waals surface area (Å²) in [6.07, 6.45) is 5.56. The van der Waals surface area contributed by atoms with E-state index in [0.717, 1.165) is 0 Å². The minimum absolute atomic E-state index is 0.317. The summed E-state index contributed by atoms with van der Waals surface area (Å²) in [5.41, 5.74) is 2.44. The van der Waals surface area contributed by atoms with E-state index in [1.807, 2.05) is 6.92 Å². The van der Waals surface area contributed by atoms with Crippen molar-refractivity contribution < 1.29 is 14.3 Å². The van der Waals surface area contributed by atoms with Crippen LogP contribution in [0.4, 0.5) is 5.69 Å². The smallest absolute Gasteiger partial charge is 0.339 e. The Hall–Kier alpha value is -3.42. The fourth-order valence-electron chi connectivity index (χ4n) is 2.79. The lowest BCUT2D eigenvalue weighted by molar-refractivity contribution is 0.0599. The molecule has 3 aromatic heterocycles. The molecule has 0 aliphatic carbocycles. The van der Waals surface area contributed by atoms with E-state index in [1.54, 1.807) is 48.4 Å². The van der Waals surface area contributed by atoms with Crippen LogP contribution in [0.1, 0.15) is 39.0 Å². The van der Waals surface area contributed by atoms with Gasteiger partial charge in [-0.05, 0) is 37.1 Å². The summed E-state index contributed by atoms with van der Waals surface area (Å²) in [4.78, 5) is 32.1. The third-order valence-corrected chi connectivity index (χ3v) is 4.05. The topological polar surface area (TPSA) is 102 Å². The second-order valence-corrected chi connectivity index (χ2v) is 5.60. The van der Waals surface area contributed by atoms with Gasteiger partial charge in [-0.2, -0.15) is 5.10 Å². The first-order valence-corrected chi connectivity index (χ1v) is 8.13. The van der Waals surface area contributed by atoms with Crippen LogP contribution < -0.4 is 5.32 Å². The van der Waals surface area contributed by atoms with Gasteiger partial charge < -0.3 is 15.0 Å². The summed E-state index contributed by atoms with van der Waals surface area (Å²) in [6, 6.07) is 5.23. The number of hydrogen-bond acceptors (Lipinski definition) is 5. The number of rotatable bonds is 5. The van der Waals surface area contributed by atoms with E-state index in [0.29, 0.717) is 40.4 Å². The predicted octanol–water partition coefficient (Wildman–Crippen LogP) is 2.51. The molecule has 0 aliphatic heterocycles. The van der Waals surface area contributed by atoms with Crippen LogP contribution in [0, 0.1) is 6.92 Å². The highest BCUT2D eigenvalue weighted by Crippen LogP contribution is 2.22. The van der Waals surface area contributed by atoms with Gasteiger partial charge in [-0.3, -0.25) is 4.79 Å². The first kappa shape index (κ1) is 17.4. The average Bonchev–Trinajstić information content (AvgIpc) is 3.29. The largest absolute Gasteiger partial charge is 0.465 e. The van der Waals surface area contributed by atoms with Crippen molar-refractivity contribution in [2.75, 3.05) is 12.4 Å². The van der Waals surface area contributed by atoms with E-state index < -0.39 is 5.97 Å². The molecule has 0 atom stereocenters. The molecule has 134 valence electrons. The second kappa shape index (κ2) is 7.22. The highest BCUT2D eigenvalue weighted by Gasteiger charge is 2.24. The fraction of sp³-hybridized carbons (Fsp3) is 0.222. The molecule has 0 spiro atoms. The molecule has 0 radical (unpaired) electrons. The van der Waals surface area contributed by atoms with Crippen LogP contribution in [0.5, 0.6) is 0 Å². The number of aryl methyl sites for hydroxylation is 1. The van der Waals surface area contributed by atoms with E-state index in [2.05, 4.69) is 20.4 Å². The fourth-order valence-corrected chi connectivity index (χ4v) is 2.79. The normalized spacial score (nSPS) is 10.6. The molecular weight excluding hydrogens is 334 g/mol. The third-order valence-electron chi connectivity index (χ3n) is 4.05. The monoisotopic (exact) mass is 353 g/mol. The molecule has 0 fully saturated rings. The molecular formula is C18H19N5O3. The number of ether oxygens (including phenoxy) is 1. The van der Waals surface area contributed by atoms with Crippen LogP contribution in [0.15, 0.2) is 36.8 Å². The summed E-state index contributed by atoms with van der Waals surface area (Å²) in [5, 5.41) is 6.98. The Kier molecular flexibility index (Phi) is 4.83. The summed E-state index contributed by atoms with van der Waals surface area (Å²) in [5.74, 6) is -0.332. The number of nitrogens with one attached hydrogen (secondary N) is 2. The highest BCUT2D eigenvalue weighted by molar-refractivity contribution is 6.07. The Bertz CT molecular complexity index is 944. The van der Waals surface area contributed by atoms with Gasteiger partial charge in [0, 0.05) is 24.3 Å². The Morgan fingerprint density at radius 2 is 2.12 bits per heavy atom. The van der Waals surface area contributed by atoms with E-state index >= 15 is 0 Å². The van der Waals surface area contributed by atoms with Gasteiger partial charge in [0.15, 0.2) is 5.82 Å². The lowest BCUT2D eigenvalue weighted by Crippen LogP contribution is -2.16. The van der Waals surface area contributed by atoms with Crippen molar-refractivity contribution in [1.29, 1.82) is 0 Å². The molecule has 3 rings (SSSR count). The summed E-state index contributed by atoms with van der Waals surface area (Å²) in [7, 11) is 1.32. The molecule has 0 aliphatic rings. The lowest BCUT2D eigenvalue weighted by atomic mass is 10.1. The molecule has 0 bridgehead atoms. The molecule has 1 amide bonds. The Balaban J connectivity index is 1.95. The SMILES string of the molecule is CCc1[nH]c(C(=O)Nc2cccnc2-n2cccn2)c(C)c1C(=O)OC. The number of aromatic nitrogens is 4. The first-order chi connectivity index (χ1) is 12.6. The summed E-state index contributed by atoms with van der Waals surface area (Å²) < 4.78 is 6.39. The molecule has 0 aromatic carbocycles. The van der Waals surface area contributed by atoms with Crippen molar-refractivity contribution in [3.63, 3.8) is 0 Å². The molecule has 8 nitrogen and oxygen atoms in total. The van der Waals surface area contributed by atoms with Crippen molar-refractivity contribution in [2.24, 2.45) is 0 Å². The van der Waals surface area contributed by atoms with Crippen LogP contribution >= 0.6 is 0 Å². The number of nitrogens with zero attached hydrogens (tertiary/aromatic N) is 3. The highest BCUT2D eigenvalue weighted by atomic mass is 16.5. The van der Waals surface area contributed by atoms with Gasteiger partial charge >= 0.3 is 5.97 Å². The molecule has 0 unspecified atom stereocenters. The number of carbonyl (C=O) groups excluding carboxylic acids is 2. The molecule has 0 saturated carbocycles. The van der Waals surface area contributed by atoms with Gasteiger partial charge in [-0.1, -0.05) is 6.92 Å². The standard InChI is InChI=1S/C18H19N5O3/c1-4-12-14(18(25)26-3)11(2)15(21-12)17(24)22-13-7-5-8-19-16(13)23-10-6-9-20-23/h5-10,21H,4H2,1-3H3,(H,22,24). The number of aromatic amines is 1. The maximum absolute atomic E-state index is 12.8. The quantitative estimate of drug-likeness (QED) is 0.686. The number of H-pyrrole nitrogens is 1. The minimum atomic E-state index is -0.465. The predicted molar refractivity (Wildman–Crippen MR) is 95.6 cm³/mol. The van der Waals surface area contributed by atoms with E-state index in [1.165, 1.54) is 7.11 Å². The summed E-state index contributed by atoms with van der Waals surface area (Å²) >= 11 is 0. The van der Waals surface area contributed by atoms with E-state index in [4.69, 9.17) is 4.74 Å². The Morgan fingerprint density at radius 1 is 1.31 bits per heavy atom. The van der Waals surface area contributed by atoms with Gasteiger partial charge in [0.2, 0.25) is 0 Å². The van der Waals surface area contributed by atoms with E-state index in [-0.39, 0.29) is 5.91 Å². The van der Waals surface area contributed by atoms with E-state index in [9.17, 15) is 9.59 Å². The van der Waals surface area contributed by atoms with Gasteiger partial charge in [0.25, 0.3) is 5.91 Å². The van der Waals surface area contributed by atoms with Crippen molar-refractivity contribution in [2.45, 2.75) is 20.3 Å². The van der Waals surface area contributed by atoms with Crippen molar-refractivity contribution in [3.8, 4) is 5.82 Å². The van der Waals surface area contributed by atoms with Crippen LogP contribution in [0.3, 0.4) is 0 Å². The number of pyridine rings is 1. The second-order valence-electron chi connectivity index (χ2n) is 5.60. The summed E-state index contributed by atoms with van der Waals surface area (Å²) in [6.45, 7) is 3.62. The number of esters is 1. The number of methoxy groups -OCH3 is 1. The first-order valence-electron chi connectivity index (χ1n) is 8.13. The van der Waals surface area contributed by atoms with Gasteiger partial charge in [-0.25, -0.2) is 14.5 Å². The zero-order valence-corrected chi connectivity index (χ0v) is 14.7. The third kappa shape index (κ3) is 3.08. The van der Waals surface area contributed by atoms with Gasteiger partial charge in [0.05, 0.1) is 18.4 Å². The maximum Gasteiger partial charge on any atom is 0.339 e. The van der Waals surface area contributed by atoms with Crippen LogP contribution in [-0.4, -0.2) is 38.7 Å². The zero-order chi connectivity index (χ0) is 18.7. The Morgan fingerprint density at radius 3 is 2.77 bits per heavy atom. The van der Waals surface area contributed by atoms with Crippen molar-refractivity contribution in [1.82, 2.24) is 19.7 Å². The number of amides is 1. The number of anilines is 1. The van der Waals surface area contributed by atoms with Crippen LogP contribution in [-0.2, 0) is 11.2 Å². The molecule has 3 heterocycles. The van der Waals surface area contributed by atoms with Crippen LogP contribution in [0.25, 0.3) is 5.82 Å². The molecule has 8 heteroatoms. The minimum Gasteiger partial charge on any atom is -0.465 e. The molecule has 3 aromatic rings. The maximum atomic E-state index is 12.8. The van der Waals surface area contributed by atoms with Gasteiger partial charge in [-0.15, -0.1) is 0 Å². The molecule has 2 N–H and O–H groups in total. The zero-order valence-electron chi connectivity index (χ0n) is 14.7. The lowest BCUT2D eigenvalue weighted by Gasteiger charge is -2.09. The number of hydrogen-bond donors (Lipinski definition) is 2. The average molecular weight is 353 g/mol. The Labute approximate surface area is 150 Å². The van der Waals surface area contributed by atoms with Crippen molar-refractivity contribution >= 4 is 17.6 Å². The number of carbonyl (C=O) groups is 2. The molecule has 0 saturated heterocycles. The van der Waals surface area contributed by atoms with Crippen LogP contribution in [0.2, 0.25) is 0 Å². The van der Waals surface area contributed by atoms with Gasteiger partial charge in [0.1, 0.15) is 5.69 Å². The molecule has 26 heavy (non-hydrogen) atoms.